The molecule has 0 radical (unpaired) electrons. The van der Waals surface area contributed by atoms with Gasteiger partial charge < -0.3 is 37.0 Å². The molecule has 28 heavy (non-hydrogen) atoms. The van der Waals surface area contributed by atoms with Crippen molar-refractivity contribution in [2.24, 2.45) is 0 Å². The summed E-state index contributed by atoms with van der Waals surface area (Å²) in [6.07, 6.45) is 0.781. The Bertz CT molecular complexity index is 234. The number of methoxy groups -OCH3 is 4. The Kier molecular flexibility index (Phi) is 40.0. The normalized spacial score (nSPS) is 10.3. The van der Waals surface area contributed by atoms with Crippen LogP contribution in [0.4, 0.5) is 0 Å². The molecule has 0 unspecified atom stereocenters. The molecule has 0 amide bonds. The Labute approximate surface area is 176 Å². The Hall–Kier alpha value is -0.103. The van der Waals surface area contributed by atoms with Crippen molar-refractivity contribution in [1.82, 2.24) is 0 Å². The van der Waals surface area contributed by atoms with Crippen LogP contribution in [0.15, 0.2) is 0 Å². The van der Waals surface area contributed by atoms with Gasteiger partial charge in [0.2, 0.25) is 0 Å². The zero-order chi connectivity index (χ0) is 17.9. The molecule has 0 aliphatic heterocycles. The number of rotatable bonds is 19. The summed E-state index contributed by atoms with van der Waals surface area (Å²) in [7, 11) is 3.72. The van der Waals surface area contributed by atoms with Gasteiger partial charge in [-0.1, -0.05) is 29.7 Å². The van der Waals surface area contributed by atoms with Gasteiger partial charge in [-0.3, -0.25) is 0 Å². The van der Waals surface area contributed by atoms with Crippen LogP contribution < -0.4 is 0 Å². The van der Waals surface area contributed by atoms with Crippen molar-refractivity contribution in [3.63, 3.8) is 0 Å². The summed E-state index contributed by atoms with van der Waals surface area (Å²) in [5.41, 5.74) is 0. The first kappa shape index (κ1) is 38.5. The predicted octanol–water partition coefficient (Wildman–Crippen LogP) is 3.51. The molecule has 0 aliphatic rings. The van der Waals surface area contributed by atoms with E-state index in [0.29, 0.717) is 65.5 Å². The maximum absolute atomic E-state index is 5.97. The molecule has 0 rings (SSSR count). The third-order valence-electron chi connectivity index (χ3n) is 3.03. The fraction of sp³-hybridized carbons (Fsp3) is 1.00. The minimum absolute atomic E-state index is 0. The Balaban J connectivity index is -0.000000441. The molecule has 0 atom stereocenters. The SMILES string of the molecule is C.C.C.C.COCCOCCC[Si](OCCOC)(OCCOC)OCCOC. The molecule has 0 aromatic rings. The van der Waals surface area contributed by atoms with Gasteiger partial charge in [-0.05, 0) is 6.42 Å². The first-order valence-electron chi connectivity index (χ1n) is 8.20. The van der Waals surface area contributed by atoms with Gasteiger partial charge in [0.15, 0.2) is 0 Å². The van der Waals surface area contributed by atoms with Crippen LogP contribution in [-0.2, 0) is 37.0 Å². The maximum atomic E-state index is 5.97. The molecule has 178 valence electrons. The highest BCUT2D eigenvalue weighted by Gasteiger charge is 2.40. The van der Waals surface area contributed by atoms with E-state index in [1.54, 1.807) is 28.4 Å². The summed E-state index contributed by atoms with van der Waals surface area (Å²) in [6.45, 7) is 4.49. The molecule has 0 aliphatic carbocycles. The smallest absolute Gasteiger partial charge is 0.382 e. The van der Waals surface area contributed by atoms with E-state index in [1.807, 2.05) is 0 Å². The first-order valence-corrected chi connectivity index (χ1v) is 10.1. The van der Waals surface area contributed by atoms with Gasteiger partial charge in [-0.25, -0.2) is 0 Å². The van der Waals surface area contributed by atoms with Crippen molar-refractivity contribution in [1.29, 1.82) is 0 Å². The van der Waals surface area contributed by atoms with E-state index < -0.39 is 8.80 Å². The van der Waals surface area contributed by atoms with Gasteiger partial charge >= 0.3 is 8.80 Å². The van der Waals surface area contributed by atoms with E-state index in [1.165, 1.54) is 0 Å². The van der Waals surface area contributed by atoms with Gasteiger partial charge in [-0.15, -0.1) is 0 Å². The molecule has 0 saturated carbocycles. The minimum Gasteiger partial charge on any atom is -0.382 e. The molecule has 0 saturated heterocycles. The van der Waals surface area contributed by atoms with Crippen LogP contribution in [0, 0.1) is 0 Å². The van der Waals surface area contributed by atoms with Crippen LogP contribution in [0.5, 0.6) is 0 Å². The third-order valence-corrected chi connectivity index (χ3v) is 5.93. The van der Waals surface area contributed by atoms with Crippen molar-refractivity contribution in [3.8, 4) is 0 Å². The van der Waals surface area contributed by atoms with Crippen molar-refractivity contribution in [3.05, 3.63) is 0 Å². The Morgan fingerprint density at radius 1 is 0.464 bits per heavy atom. The second kappa shape index (κ2) is 29.1. The highest BCUT2D eigenvalue weighted by Crippen LogP contribution is 2.18. The summed E-state index contributed by atoms with van der Waals surface area (Å²) in [5, 5.41) is 0. The Morgan fingerprint density at radius 3 is 1.18 bits per heavy atom. The third kappa shape index (κ3) is 22.2. The van der Waals surface area contributed by atoms with Crippen molar-refractivity contribution in [2.45, 2.75) is 42.2 Å². The number of ether oxygens (including phenoxy) is 5. The molecule has 0 heterocycles. The molecule has 9 heteroatoms. The zero-order valence-electron chi connectivity index (χ0n) is 15.5. The maximum Gasteiger partial charge on any atom is 0.501 e. The lowest BCUT2D eigenvalue weighted by Crippen LogP contribution is -2.48. The molecule has 0 aromatic carbocycles. The summed E-state index contributed by atoms with van der Waals surface area (Å²) in [5.74, 6) is 0. The van der Waals surface area contributed by atoms with E-state index in [9.17, 15) is 0 Å². The summed E-state index contributed by atoms with van der Waals surface area (Å²) in [6, 6.07) is 0.664. The van der Waals surface area contributed by atoms with Gasteiger partial charge in [0.25, 0.3) is 0 Å². The van der Waals surface area contributed by atoms with E-state index in [-0.39, 0.29) is 29.7 Å². The largest absolute Gasteiger partial charge is 0.501 e. The molecule has 0 bridgehead atoms. The van der Waals surface area contributed by atoms with Crippen LogP contribution >= 0.6 is 0 Å². The Morgan fingerprint density at radius 2 is 0.821 bits per heavy atom. The number of hydrogen-bond donors (Lipinski definition) is 0. The monoisotopic (exact) mass is 434 g/mol. The van der Waals surface area contributed by atoms with E-state index in [4.69, 9.17) is 37.0 Å². The topological polar surface area (TPSA) is 73.8 Å². The second-order valence-corrected chi connectivity index (χ2v) is 7.65. The number of hydrogen-bond acceptors (Lipinski definition) is 8. The second-order valence-electron chi connectivity index (χ2n) is 4.92. The molecular formula is C19H50O8Si. The first-order chi connectivity index (χ1) is 11.7. The lowest BCUT2D eigenvalue weighted by atomic mass is 10.5. The highest BCUT2D eigenvalue weighted by atomic mass is 28.4. The standard InChI is InChI=1S/C15H34O8Si.4CH4/c1-16-7-11-20-6-5-15-24(21-12-8-17-2,22-13-9-18-3)23-14-10-19-4;;;;/h5-15H2,1-4H3;4*1H4. The highest BCUT2D eigenvalue weighted by molar-refractivity contribution is 6.60. The lowest BCUT2D eigenvalue weighted by molar-refractivity contribution is 0.0119. The average molecular weight is 435 g/mol. The van der Waals surface area contributed by atoms with E-state index >= 15 is 0 Å². The average Bonchev–Trinajstić information content (AvgIpc) is 2.58. The minimum atomic E-state index is -2.83. The van der Waals surface area contributed by atoms with E-state index in [0.717, 1.165) is 6.42 Å². The molecule has 0 aromatic heterocycles. The van der Waals surface area contributed by atoms with E-state index in [2.05, 4.69) is 0 Å². The molecule has 8 nitrogen and oxygen atoms in total. The predicted molar refractivity (Wildman–Crippen MR) is 118 cm³/mol. The van der Waals surface area contributed by atoms with Gasteiger partial charge in [0.05, 0.1) is 52.9 Å². The van der Waals surface area contributed by atoms with Gasteiger partial charge in [0.1, 0.15) is 0 Å². The van der Waals surface area contributed by atoms with Crippen molar-refractivity contribution in [2.75, 3.05) is 87.9 Å². The molecule has 0 fully saturated rings. The van der Waals surface area contributed by atoms with Crippen LogP contribution in [0.2, 0.25) is 6.04 Å². The molecular weight excluding hydrogens is 384 g/mol. The van der Waals surface area contributed by atoms with Crippen molar-refractivity contribution >= 4 is 8.80 Å². The summed E-state index contributed by atoms with van der Waals surface area (Å²) >= 11 is 0. The summed E-state index contributed by atoms with van der Waals surface area (Å²) in [4.78, 5) is 0. The molecule has 0 spiro atoms. The van der Waals surface area contributed by atoms with Crippen LogP contribution in [0.3, 0.4) is 0 Å². The van der Waals surface area contributed by atoms with Gasteiger partial charge in [-0.2, -0.15) is 0 Å². The zero-order valence-corrected chi connectivity index (χ0v) is 16.5. The van der Waals surface area contributed by atoms with Crippen LogP contribution in [0.25, 0.3) is 0 Å². The fourth-order valence-electron chi connectivity index (χ4n) is 1.82. The van der Waals surface area contributed by atoms with Gasteiger partial charge in [0, 0.05) is 41.1 Å². The van der Waals surface area contributed by atoms with Crippen LogP contribution in [0.1, 0.15) is 36.1 Å². The lowest BCUT2D eigenvalue weighted by Gasteiger charge is -2.29. The quantitative estimate of drug-likeness (QED) is 0.226. The summed E-state index contributed by atoms with van der Waals surface area (Å²) < 4.78 is 43.5. The fourth-order valence-corrected chi connectivity index (χ4v) is 4.26. The van der Waals surface area contributed by atoms with Crippen LogP contribution in [-0.4, -0.2) is 96.7 Å². The molecule has 0 N–H and O–H groups in total. The van der Waals surface area contributed by atoms with Crippen molar-refractivity contribution < 1.29 is 37.0 Å².